The number of aliphatic carboxylic acids is 1. The number of amides is 2. The van der Waals surface area contributed by atoms with Crippen molar-refractivity contribution in [3.63, 3.8) is 0 Å². The fourth-order valence-electron chi connectivity index (χ4n) is 3.29. The third kappa shape index (κ3) is 3.99. The second-order valence-electron chi connectivity index (χ2n) is 6.50. The number of β-lactam (4-membered cyclic amide) rings is 1. The summed E-state index contributed by atoms with van der Waals surface area (Å²) in [7, 11) is 0. The molecule has 0 aliphatic carbocycles. The van der Waals surface area contributed by atoms with Crippen LogP contribution in [0.15, 0.2) is 41.6 Å². The van der Waals surface area contributed by atoms with Crippen molar-refractivity contribution in [1.29, 1.82) is 0 Å². The standard InChI is InChI=1S/C19H20N2O6S2/c1-11(22)27-9-13-10-29-19(28-2)16(17(24)21(19)15(13)18(25)26)20-14(23)8-12-6-4-3-5-7-12/h3-7,16H,8-10H2,1-2H3,(H,20,23)(H,25,26). The lowest BCUT2D eigenvalue weighted by molar-refractivity contribution is -0.152. The van der Waals surface area contributed by atoms with Crippen LogP contribution in [-0.4, -0.2) is 62.6 Å². The van der Waals surface area contributed by atoms with Crippen LogP contribution >= 0.6 is 23.5 Å². The maximum Gasteiger partial charge on any atom is 0.352 e. The molecule has 154 valence electrons. The lowest BCUT2D eigenvalue weighted by atomic mass is 10.0. The Kier molecular flexibility index (Phi) is 6.23. The maximum absolute atomic E-state index is 12.8. The summed E-state index contributed by atoms with van der Waals surface area (Å²) in [6, 6.07) is 8.30. The van der Waals surface area contributed by atoms with Crippen LogP contribution in [0.5, 0.6) is 0 Å². The maximum atomic E-state index is 12.8. The van der Waals surface area contributed by atoms with Crippen LogP contribution in [0.1, 0.15) is 12.5 Å². The molecule has 2 amide bonds. The summed E-state index contributed by atoms with van der Waals surface area (Å²) in [5.41, 5.74) is 0.987. The molecular weight excluding hydrogens is 416 g/mol. The van der Waals surface area contributed by atoms with Crippen molar-refractivity contribution < 1.29 is 29.0 Å². The molecular formula is C19H20N2O6S2. The van der Waals surface area contributed by atoms with E-state index in [4.69, 9.17) is 4.74 Å². The minimum atomic E-state index is -1.27. The van der Waals surface area contributed by atoms with Gasteiger partial charge >= 0.3 is 11.9 Å². The number of benzene rings is 1. The second kappa shape index (κ2) is 8.50. The number of esters is 1. The molecule has 0 aromatic heterocycles. The third-order valence-corrected chi connectivity index (χ3v) is 7.79. The quantitative estimate of drug-likeness (QED) is 0.485. The Morgan fingerprint density at radius 1 is 1.34 bits per heavy atom. The van der Waals surface area contributed by atoms with E-state index in [1.54, 1.807) is 6.26 Å². The van der Waals surface area contributed by atoms with Crippen LogP contribution in [0.3, 0.4) is 0 Å². The molecule has 3 rings (SSSR count). The number of nitrogens with one attached hydrogen (secondary N) is 1. The van der Waals surface area contributed by atoms with Crippen LogP contribution < -0.4 is 5.32 Å². The van der Waals surface area contributed by atoms with Gasteiger partial charge in [-0.25, -0.2) is 4.79 Å². The van der Waals surface area contributed by atoms with Gasteiger partial charge < -0.3 is 15.2 Å². The molecule has 0 spiro atoms. The molecule has 2 atom stereocenters. The summed E-state index contributed by atoms with van der Waals surface area (Å²) in [5, 5.41) is 12.4. The second-order valence-corrected chi connectivity index (χ2v) is 8.99. The van der Waals surface area contributed by atoms with Gasteiger partial charge in [-0.1, -0.05) is 30.3 Å². The Morgan fingerprint density at radius 3 is 2.62 bits per heavy atom. The smallest absolute Gasteiger partial charge is 0.352 e. The first-order valence-electron chi connectivity index (χ1n) is 8.75. The zero-order valence-electron chi connectivity index (χ0n) is 15.8. The number of fused-ring (bicyclic) bond motifs is 1. The lowest BCUT2D eigenvalue weighted by Gasteiger charge is -2.57. The van der Waals surface area contributed by atoms with Crippen molar-refractivity contribution in [2.75, 3.05) is 18.6 Å². The van der Waals surface area contributed by atoms with Gasteiger partial charge in [0.2, 0.25) is 5.91 Å². The summed E-state index contributed by atoms with van der Waals surface area (Å²) in [4.78, 5) is 49.5. The predicted molar refractivity (Wildman–Crippen MR) is 109 cm³/mol. The number of hydrogen-bond acceptors (Lipinski definition) is 7. The Labute approximate surface area is 176 Å². The highest BCUT2D eigenvalue weighted by Crippen LogP contribution is 2.55. The van der Waals surface area contributed by atoms with Gasteiger partial charge in [-0.15, -0.1) is 23.5 Å². The van der Waals surface area contributed by atoms with E-state index in [0.29, 0.717) is 5.57 Å². The Morgan fingerprint density at radius 2 is 2.03 bits per heavy atom. The van der Waals surface area contributed by atoms with Crippen molar-refractivity contribution in [2.45, 2.75) is 23.6 Å². The Hall–Kier alpha value is -2.46. The lowest BCUT2D eigenvalue weighted by Crippen LogP contribution is -2.77. The monoisotopic (exact) mass is 436 g/mol. The predicted octanol–water partition coefficient (Wildman–Crippen LogP) is 1.22. The molecule has 29 heavy (non-hydrogen) atoms. The van der Waals surface area contributed by atoms with E-state index >= 15 is 0 Å². The van der Waals surface area contributed by atoms with Gasteiger partial charge in [0.25, 0.3) is 5.91 Å². The first kappa shape index (κ1) is 21.3. The van der Waals surface area contributed by atoms with E-state index in [1.807, 2.05) is 30.3 Å². The molecule has 2 aliphatic rings. The number of nitrogens with zero attached hydrogens (tertiary/aromatic N) is 1. The molecule has 1 saturated heterocycles. The third-order valence-electron chi connectivity index (χ3n) is 4.61. The number of thioether (sulfide) groups is 2. The molecule has 2 aliphatic heterocycles. The summed E-state index contributed by atoms with van der Waals surface area (Å²) in [6.45, 7) is 1.04. The van der Waals surface area contributed by atoms with Gasteiger partial charge in [0.15, 0.2) is 10.2 Å². The topological polar surface area (TPSA) is 113 Å². The number of carboxylic acids is 1. The molecule has 0 bridgehead atoms. The fraction of sp³-hybridized carbons (Fsp3) is 0.368. The molecule has 1 aromatic rings. The zero-order chi connectivity index (χ0) is 21.2. The van der Waals surface area contributed by atoms with E-state index in [0.717, 1.165) is 5.56 Å². The van der Waals surface area contributed by atoms with Crippen molar-refractivity contribution >= 4 is 47.3 Å². The van der Waals surface area contributed by atoms with Gasteiger partial charge in [0, 0.05) is 18.2 Å². The van der Waals surface area contributed by atoms with E-state index in [1.165, 1.54) is 35.3 Å². The summed E-state index contributed by atoms with van der Waals surface area (Å²) in [5.74, 6) is -2.34. The molecule has 1 aromatic carbocycles. The van der Waals surface area contributed by atoms with Crippen LogP contribution in [0.2, 0.25) is 0 Å². The van der Waals surface area contributed by atoms with Crippen LogP contribution in [-0.2, 0) is 30.3 Å². The fourth-order valence-corrected chi connectivity index (χ4v) is 5.94. The summed E-state index contributed by atoms with van der Waals surface area (Å²) < 4.78 is 3.99. The molecule has 2 heterocycles. The molecule has 8 nitrogen and oxygen atoms in total. The molecule has 2 unspecified atom stereocenters. The van der Waals surface area contributed by atoms with Gasteiger partial charge in [-0.05, 0) is 11.8 Å². The first-order chi connectivity index (χ1) is 13.8. The average Bonchev–Trinajstić information content (AvgIpc) is 2.69. The van der Waals surface area contributed by atoms with Gasteiger partial charge in [-0.2, -0.15) is 0 Å². The van der Waals surface area contributed by atoms with Crippen molar-refractivity contribution in [3.8, 4) is 0 Å². The minimum Gasteiger partial charge on any atom is -0.477 e. The van der Waals surface area contributed by atoms with Gasteiger partial charge in [-0.3, -0.25) is 19.3 Å². The first-order valence-corrected chi connectivity index (χ1v) is 11.0. The van der Waals surface area contributed by atoms with E-state index in [2.05, 4.69) is 5.32 Å². The largest absolute Gasteiger partial charge is 0.477 e. The Balaban J connectivity index is 1.81. The number of ether oxygens (including phenoxy) is 1. The summed E-state index contributed by atoms with van der Waals surface area (Å²) in [6.07, 6.45) is 1.89. The van der Waals surface area contributed by atoms with Crippen LogP contribution in [0.25, 0.3) is 0 Å². The zero-order valence-corrected chi connectivity index (χ0v) is 17.5. The molecule has 0 saturated carbocycles. The average molecular weight is 437 g/mol. The minimum absolute atomic E-state index is 0.124. The molecule has 10 heteroatoms. The van der Waals surface area contributed by atoms with E-state index in [-0.39, 0.29) is 30.4 Å². The number of carbonyl (C=O) groups is 4. The molecule has 0 radical (unpaired) electrons. The Bertz CT molecular complexity index is 888. The van der Waals surface area contributed by atoms with E-state index < -0.39 is 28.1 Å². The van der Waals surface area contributed by atoms with Crippen LogP contribution in [0, 0.1) is 0 Å². The number of carbonyl (C=O) groups excluding carboxylic acids is 3. The number of hydrogen-bond donors (Lipinski definition) is 2. The van der Waals surface area contributed by atoms with Gasteiger partial charge in [0.05, 0.1) is 6.42 Å². The highest BCUT2D eigenvalue weighted by molar-refractivity contribution is 8.18. The normalized spacial score (nSPS) is 23.2. The van der Waals surface area contributed by atoms with Gasteiger partial charge in [0.1, 0.15) is 12.3 Å². The highest BCUT2D eigenvalue weighted by atomic mass is 32.2. The molecule has 2 N–H and O–H groups in total. The number of rotatable bonds is 7. The summed E-state index contributed by atoms with van der Waals surface area (Å²) >= 11 is 2.64. The van der Waals surface area contributed by atoms with Crippen molar-refractivity contribution in [1.82, 2.24) is 10.2 Å². The SMILES string of the molecule is CSC12SCC(COC(C)=O)=C(C(=O)O)N1C(=O)C2NC(=O)Cc1ccccc1. The number of carboxylic acid groups (broad SMARTS) is 1. The van der Waals surface area contributed by atoms with Crippen molar-refractivity contribution in [3.05, 3.63) is 47.2 Å². The van der Waals surface area contributed by atoms with Crippen molar-refractivity contribution in [2.24, 2.45) is 0 Å². The van der Waals surface area contributed by atoms with Crippen LogP contribution in [0.4, 0.5) is 0 Å². The molecule has 1 fully saturated rings. The van der Waals surface area contributed by atoms with E-state index in [9.17, 15) is 24.3 Å². The highest BCUT2D eigenvalue weighted by Gasteiger charge is 2.65.